The number of sulfone groups is 1. The number of hydrogen-bond donors (Lipinski definition) is 1. The van der Waals surface area contributed by atoms with Crippen LogP contribution in [0.3, 0.4) is 0 Å². The number of benzene rings is 1. The van der Waals surface area contributed by atoms with Crippen LogP contribution in [-0.4, -0.2) is 25.2 Å². The van der Waals surface area contributed by atoms with Crippen molar-refractivity contribution >= 4 is 15.8 Å². The van der Waals surface area contributed by atoms with Gasteiger partial charge in [-0.3, -0.25) is 4.79 Å². The quantitative estimate of drug-likeness (QED) is 0.638. The Balaban J connectivity index is 2.68. The van der Waals surface area contributed by atoms with E-state index >= 15 is 0 Å². The second kappa shape index (κ2) is 5.90. The van der Waals surface area contributed by atoms with Gasteiger partial charge < -0.3 is 5.11 Å². The van der Waals surface area contributed by atoms with Crippen molar-refractivity contribution in [1.82, 2.24) is 0 Å². The van der Waals surface area contributed by atoms with E-state index < -0.39 is 27.4 Å². The maximum Gasteiger partial charge on any atom is 0.303 e. The largest absolute Gasteiger partial charge is 0.481 e. The molecule has 0 aromatic heterocycles. The number of hydrogen-bond acceptors (Lipinski definition) is 3. The summed E-state index contributed by atoms with van der Waals surface area (Å²) < 4.78 is 48.9. The number of aliphatic carboxylic acids is 1. The number of unbranched alkanes of at least 4 members (excludes halogenated alkanes) is 1. The number of carbonyl (C=O) groups is 1. The summed E-state index contributed by atoms with van der Waals surface area (Å²) in [4.78, 5) is 9.94. The first kappa shape index (κ1) is 14.6. The van der Waals surface area contributed by atoms with Crippen LogP contribution in [-0.2, 0) is 14.6 Å². The third-order valence-electron chi connectivity index (χ3n) is 2.30. The number of carboxylic acids is 1. The first-order valence-electron chi connectivity index (χ1n) is 5.22. The highest BCUT2D eigenvalue weighted by molar-refractivity contribution is 7.91. The molecule has 0 bridgehead atoms. The van der Waals surface area contributed by atoms with Crippen molar-refractivity contribution < 1.29 is 27.1 Å². The summed E-state index contributed by atoms with van der Waals surface area (Å²) in [7, 11) is -3.70. The van der Waals surface area contributed by atoms with Crippen molar-refractivity contribution in [3.05, 3.63) is 29.8 Å². The van der Waals surface area contributed by atoms with Crippen molar-refractivity contribution in [3.8, 4) is 0 Å². The Hall–Kier alpha value is -1.50. The monoisotopic (exact) mass is 278 g/mol. The summed E-state index contributed by atoms with van der Waals surface area (Å²) in [6.45, 7) is 0. The summed E-state index contributed by atoms with van der Waals surface area (Å²) in [5, 5.41) is 8.39. The van der Waals surface area contributed by atoms with Crippen LogP contribution >= 0.6 is 0 Å². The predicted octanol–water partition coefficient (Wildman–Crippen LogP) is 1.99. The molecule has 1 rings (SSSR count). The highest BCUT2D eigenvalue weighted by Gasteiger charge is 2.16. The van der Waals surface area contributed by atoms with Gasteiger partial charge in [0.25, 0.3) is 0 Å². The number of rotatable bonds is 6. The number of halogens is 2. The van der Waals surface area contributed by atoms with Gasteiger partial charge in [-0.25, -0.2) is 17.2 Å². The average Bonchev–Trinajstić information content (AvgIpc) is 2.28. The molecule has 0 aliphatic heterocycles. The highest BCUT2D eigenvalue weighted by Crippen LogP contribution is 2.16. The first-order chi connectivity index (χ1) is 8.33. The standard InChI is InChI=1S/C11H12F2O4S/c12-9-5-4-8(7-10(9)13)18(16,17)6-2-1-3-11(14)15/h4-5,7H,1-3,6H2,(H,14,15). The van der Waals surface area contributed by atoms with Crippen molar-refractivity contribution in [2.24, 2.45) is 0 Å². The zero-order valence-electron chi connectivity index (χ0n) is 9.40. The second-order valence-corrected chi connectivity index (χ2v) is 5.85. The molecule has 1 N–H and O–H groups in total. The van der Waals surface area contributed by atoms with E-state index in [1.54, 1.807) is 0 Å². The minimum atomic E-state index is -3.70. The molecule has 0 radical (unpaired) electrons. The van der Waals surface area contributed by atoms with Crippen LogP contribution in [0.2, 0.25) is 0 Å². The second-order valence-electron chi connectivity index (χ2n) is 3.75. The van der Waals surface area contributed by atoms with Gasteiger partial charge in [0.15, 0.2) is 21.5 Å². The van der Waals surface area contributed by atoms with Crippen LogP contribution in [0.4, 0.5) is 8.78 Å². The molecule has 0 aliphatic carbocycles. The van der Waals surface area contributed by atoms with Crippen LogP contribution in [0.1, 0.15) is 19.3 Å². The lowest BCUT2D eigenvalue weighted by Crippen LogP contribution is -2.08. The smallest absolute Gasteiger partial charge is 0.303 e. The fourth-order valence-corrected chi connectivity index (χ4v) is 2.73. The lowest BCUT2D eigenvalue weighted by Gasteiger charge is -2.04. The Morgan fingerprint density at radius 3 is 2.39 bits per heavy atom. The van der Waals surface area contributed by atoms with Gasteiger partial charge in [-0.2, -0.15) is 0 Å². The molecule has 0 spiro atoms. The zero-order valence-corrected chi connectivity index (χ0v) is 10.2. The topological polar surface area (TPSA) is 71.4 Å². The average molecular weight is 278 g/mol. The summed E-state index contributed by atoms with van der Waals surface area (Å²) in [5.41, 5.74) is 0. The third-order valence-corrected chi connectivity index (χ3v) is 4.10. The minimum Gasteiger partial charge on any atom is -0.481 e. The Morgan fingerprint density at radius 1 is 1.17 bits per heavy atom. The SMILES string of the molecule is O=C(O)CCCCS(=O)(=O)c1ccc(F)c(F)c1. The van der Waals surface area contributed by atoms with Gasteiger partial charge in [0.05, 0.1) is 10.6 Å². The molecule has 0 atom stereocenters. The molecule has 0 fully saturated rings. The maximum atomic E-state index is 12.9. The lowest BCUT2D eigenvalue weighted by molar-refractivity contribution is -0.137. The van der Waals surface area contributed by atoms with Crippen LogP contribution in [0.25, 0.3) is 0 Å². The van der Waals surface area contributed by atoms with E-state index in [-0.39, 0.29) is 29.9 Å². The summed E-state index contributed by atoms with van der Waals surface area (Å²) >= 11 is 0. The van der Waals surface area contributed by atoms with Gasteiger partial charge >= 0.3 is 5.97 Å². The predicted molar refractivity (Wildman–Crippen MR) is 59.9 cm³/mol. The zero-order chi connectivity index (χ0) is 13.8. The van der Waals surface area contributed by atoms with Gasteiger partial charge in [0, 0.05) is 6.42 Å². The van der Waals surface area contributed by atoms with Crippen LogP contribution in [0, 0.1) is 11.6 Å². The third kappa shape index (κ3) is 4.06. The van der Waals surface area contributed by atoms with Crippen LogP contribution < -0.4 is 0 Å². The lowest BCUT2D eigenvalue weighted by atomic mass is 10.2. The van der Waals surface area contributed by atoms with Gasteiger partial charge in [0.1, 0.15) is 0 Å². The molecule has 1 aromatic carbocycles. The van der Waals surface area contributed by atoms with Crippen LogP contribution in [0.5, 0.6) is 0 Å². The van der Waals surface area contributed by atoms with E-state index in [2.05, 4.69) is 0 Å². The van der Waals surface area contributed by atoms with E-state index in [1.807, 2.05) is 0 Å². The Labute approximate surface area is 103 Å². The van der Waals surface area contributed by atoms with Gasteiger partial charge in [0.2, 0.25) is 0 Å². The Bertz CT molecular complexity index is 540. The van der Waals surface area contributed by atoms with E-state index in [1.165, 1.54) is 0 Å². The van der Waals surface area contributed by atoms with E-state index in [9.17, 15) is 22.0 Å². The maximum absolute atomic E-state index is 12.9. The molecule has 1 aromatic rings. The molecule has 100 valence electrons. The Kier molecular flexibility index (Phi) is 4.77. The molecule has 0 amide bonds. The molecule has 4 nitrogen and oxygen atoms in total. The molecule has 18 heavy (non-hydrogen) atoms. The number of carboxylic acid groups (broad SMARTS) is 1. The van der Waals surface area contributed by atoms with Crippen molar-refractivity contribution in [2.45, 2.75) is 24.2 Å². The highest BCUT2D eigenvalue weighted by atomic mass is 32.2. The summed E-state index contributed by atoms with van der Waals surface area (Å²) in [5.74, 6) is -3.62. The van der Waals surface area contributed by atoms with Crippen LogP contribution in [0.15, 0.2) is 23.1 Å². The minimum absolute atomic E-state index is 0.118. The first-order valence-corrected chi connectivity index (χ1v) is 6.88. The molecule has 0 saturated heterocycles. The van der Waals surface area contributed by atoms with Crippen molar-refractivity contribution in [2.75, 3.05) is 5.75 Å². The van der Waals surface area contributed by atoms with E-state index in [4.69, 9.17) is 5.11 Å². The molecule has 7 heteroatoms. The Morgan fingerprint density at radius 2 is 1.83 bits per heavy atom. The molecule has 0 aliphatic rings. The molecular weight excluding hydrogens is 266 g/mol. The fraction of sp³-hybridized carbons (Fsp3) is 0.364. The molecule has 0 saturated carbocycles. The summed E-state index contributed by atoms with van der Waals surface area (Å²) in [6.07, 6.45) is 0.263. The molecule has 0 unspecified atom stereocenters. The molecule has 0 heterocycles. The van der Waals surface area contributed by atoms with Crippen molar-refractivity contribution in [1.29, 1.82) is 0 Å². The normalized spacial score (nSPS) is 11.4. The van der Waals surface area contributed by atoms with Crippen molar-refractivity contribution in [3.63, 3.8) is 0 Å². The molecular formula is C11H12F2O4S. The van der Waals surface area contributed by atoms with Gasteiger partial charge in [-0.15, -0.1) is 0 Å². The van der Waals surface area contributed by atoms with Gasteiger partial charge in [-0.1, -0.05) is 0 Å². The summed E-state index contributed by atoms with van der Waals surface area (Å²) in [6, 6.07) is 2.37. The van der Waals surface area contributed by atoms with E-state index in [0.29, 0.717) is 6.07 Å². The van der Waals surface area contributed by atoms with Gasteiger partial charge in [-0.05, 0) is 31.0 Å². The van der Waals surface area contributed by atoms with E-state index in [0.717, 1.165) is 12.1 Å². The fourth-order valence-electron chi connectivity index (χ4n) is 1.36.